The van der Waals surface area contributed by atoms with E-state index in [-0.39, 0.29) is 49.9 Å². The topological polar surface area (TPSA) is 102 Å². The average molecular weight is 1070 g/mol. The van der Waals surface area contributed by atoms with E-state index in [1.807, 2.05) is 13.8 Å². The Morgan fingerprint density at radius 3 is 1.03 bits per heavy atom. The number of ether oxygens (including phenoxy) is 3. The monoisotopic (exact) mass is 1070 g/mol. The smallest absolute Gasteiger partial charge is 0.387 e. The molecule has 0 bridgehead atoms. The summed E-state index contributed by atoms with van der Waals surface area (Å²) in [6, 6.07) is 18.1. The second-order valence-electron chi connectivity index (χ2n) is 30.5. The van der Waals surface area contributed by atoms with Crippen molar-refractivity contribution in [2.24, 2.45) is 0 Å². The summed E-state index contributed by atoms with van der Waals surface area (Å²) in [4.78, 5) is 0. The molecule has 4 aromatic carbocycles. The SMILES string of the molecule is CC1(C)O[C@H]2O[C@H](COp3oc4c(C(C)(C)C)cc(C(C)(C)C)cc4c4cc(C(C)(C)C)cc(C(C)(C)C)c4o3)[C@H](Np3oc4c(C(C)(C)C)cc(C(C)(C)C)cc4c4cc(C(C)(C)C)cc(C(C)(C)C)c4o3)[C@H]2O1. The molecule has 4 heterocycles. The first kappa shape index (κ1) is 57.6. The van der Waals surface area contributed by atoms with Crippen LogP contribution in [-0.2, 0) is 57.5 Å². The molecule has 2 aliphatic rings. The Bertz CT molecular complexity index is 3060. The molecule has 0 aliphatic carbocycles. The molecule has 6 aromatic rings. The van der Waals surface area contributed by atoms with E-state index >= 15 is 0 Å². The summed E-state index contributed by atoms with van der Waals surface area (Å²) in [7, 11) is -3.95. The van der Waals surface area contributed by atoms with Gasteiger partial charge >= 0.3 is 16.4 Å². The molecule has 412 valence electrons. The lowest BCUT2D eigenvalue weighted by molar-refractivity contribution is -0.207. The molecule has 2 aliphatic heterocycles. The van der Waals surface area contributed by atoms with Gasteiger partial charge in [0.05, 0.1) is 12.6 Å². The van der Waals surface area contributed by atoms with E-state index in [0.717, 1.165) is 66.1 Å². The highest BCUT2D eigenvalue weighted by atomic mass is 31.1. The van der Waals surface area contributed by atoms with Gasteiger partial charge in [0.2, 0.25) is 0 Å². The van der Waals surface area contributed by atoms with Crippen LogP contribution in [0.4, 0.5) is 0 Å². The lowest BCUT2D eigenvalue weighted by atomic mass is 9.77. The lowest BCUT2D eigenvalue weighted by Crippen LogP contribution is -2.42. The minimum atomic E-state index is -2.04. The Hall–Kier alpha value is -3.52. The van der Waals surface area contributed by atoms with Crippen molar-refractivity contribution in [1.82, 2.24) is 0 Å². The van der Waals surface area contributed by atoms with Gasteiger partial charge in [-0.1, -0.05) is 190 Å². The van der Waals surface area contributed by atoms with Gasteiger partial charge in [0.15, 0.2) is 12.1 Å². The van der Waals surface area contributed by atoms with E-state index in [9.17, 15) is 0 Å². The van der Waals surface area contributed by atoms with E-state index in [1.165, 1.54) is 22.3 Å². The molecule has 9 nitrogen and oxygen atoms in total. The third-order valence-corrected chi connectivity index (χ3v) is 17.3. The van der Waals surface area contributed by atoms with Crippen LogP contribution in [0.5, 0.6) is 0 Å². The fourth-order valence-electron chi connectivity index (χ4n) is 10.3. The zero-order valence-electron chi connectivity index (χ0n) is 50.8. The van der Waals surface area contributed by atoms with Crippen molar-refractivity contribution >= 4 is 60.3 Å². The van der Waals surface area contributed by atoms with Gasteiger partial charge in [-0.05, 0) is 104 Å². The largest absolute Gasteiger partial charge is 0.408 e. The highest BCUT2D eigenvalue weighted by Crippen LogP contribution is 2.49. The number of benzene rings is 4. The van der Waals surface area contributed by atoms with Crippen LogP contribution in [0.25, 0.3) is 43.9 Å². The molecular weight excluding hydrogens is 973 g/mol. The second kappa shape index (κ2) is 18.8. The molecule has 0 spiro atoms. The summed E-state index contributed by atoms with van der Waals surface area (Å²) in [5.41, 5.74) is 11.0. The maximum atomic E-state index is 7.41. The van der Waals surface area contributed by atoms with E-state index < -0.39 is 46.7 Å². The fourth-order valence-corrected chi connectivity index (χ4v) is 12.8. The first-order valence-corrected chi connectivity index (χ1v) is 29.7. The van der Waals surface area contributed by atoms with E-state index in [0.29, 0.717) is 0 Å². The first-order chi connectivity index (χ1) is 33.9. The fraction of sp³-hybridized carbons (Fsp3) is 0.625. The van der Waals surface area contributed by atoms with Crippen molar-refractivity contribution in [2.75, 3.05) is 11.7 Å². The van der Waals surface area contributed by atoms with Crippen LogP contribution in [0, 0.1) is 0 Å². The Morgan fingerprint density at radius 1 is 0.427 bits per heavy atom. The van der Waals surface area contributed by atoms with Crippen molar-refractivity contribution < 1.29 is 35.5 Å². The van der Waals surface area contributed by atoms with Crippen molar-refractivity contribution in [3.8, 4) is 0 Å². The first-order valence-electron chi connectivity index (χ1n) is 27.4. The van der Waals surface area contributed by atoms with Crippen LogP contribution in [0.3, 0.4) is 0 Å². The second-order valence-corrected chi connectivity index (χ2v) is 32.7. The van der Waals surface area contributed by atoms with Gasteiger partial charge in [-0.3, -0.25) is 4.52 Å². The van der Waals surface area contributed by atoms with Crippen molar-refractivity contribution in [2.45, 2.75) is 254 Å². The number of nitrogens with one attached hydrogen (secondary N) is 1. The van der Waals surface area contributed by atoms with Gasteiger partial charge in [0.25, 0.3) is 0 Å². The predicted octanol–water partition coefficient (Wildman–Crippen LogP) is 19.2. The Kier molecular flexibility index (Phi) is 14.5. The van der Waals surface area contributed by atoms with Crippen LogP contribution in [-0.4, -0.2) is 36.9 Å². The number of hydrogen-bond acceptors (Lipinski definition) is 9. The number of rotatable bonds is 5. The molecule has 4 atom stereocenters. The average Bonchev–Trinajstić information content (AvgIpc) is 3.55. The summed E-state index contributed by atoms with van der Waals surface area (Å²) < 4.78 is 56.4. The quantitative estimate of drug-likeness (QED) is 0.181. The molecule has 11 heteroatoms. The molecule has 75 heavy (non-hydrogen) atoms. The Labute approximate surface area is 452 Å². The number of fused-ring (bicyclic) bond motifs is 7. The highest BCUT2D eigenvalue weighted by molar-refractivity contribution is 7.38. The Morgan fingerprint density at radius 2 is 0.733 bits per heavy atom. The normalized spacial score (nSPS) is 20.2. The number of hydrogen-bond donors (Lipinski definition) is 1. The Balaban J connectivity index is 1.36. The van der Waals surface area contributed by atoms with Gasteiger partial charge in [0, 0.05) is 43.8 Å². The molecule has 2 saturated heterocycles. The summed E-state index contributed by atoms with van der Waals surface area (Å²) in [6.07, 6.45) is -1.78. The van der Waals surface area contributed by atoms with Gasteiger partial charge in [-0.15, -0.1) is 0 Å². The highest BCUT2D eigenvalue weighted by Gasteiger charge is 2.55. The van der Waals surface area contributed by atoms with Gasteiger partial charge in [-0.25, -0.2) is 5.09 Å². The standard InChI is InChI=1S/C64H93NO8P2/c1-56(2,3)36-27-40-41-28-37(57(4,5)6)32-45(61(16,17)18)51(41)71-74(70-50(40)44(31-36)60(13,14)15)65-49-48(67-55-54(49)68-64(25,26)69-55)35-66-75-72-52-42(29-38(58(7,8)9)33-46(52)62(19,20)21)43-30-39(59(10,11)12)34-47(53(43)73-75)63(22,23)24/h27-34,48-49,54-55,65H,35H2,1-26H3/t48-,49+,54-,55-/m1/s1. The molecule has 0 unspecified atom stereocenters. The summed E-state index contributed by atoms with van der Waals surface area (Å²) in [5, 5.41) is 8.01. The molecule has 8 rings (SSSR count). The van der Waals surface area contributed by atoms with Gasteiger partial charge in [-0.2, -0.15) is 0 Å². The molecule has 2 fully saturated rings. The maximum Gasteiger partial charge on any atom is 0.387 e. The van der Waals surface area contributed by atoms with Crippen LogP contribution < -0.4 is 9.61 Å². The maximum absolute atomic E-state index is 7.41. The lowest BCUT2D eigenvalue weighted by Gasteiger charge is -2.27. The van der Waals surface area contributed by atoms with Crippen molar-refractivity contribution in [3.63, 3.8) is 0 Å². The summed E-state index contributed by atoms with van der Waals surface area (Å²) in [5.74, 6) is -0.889. The van der Waals surface area contributed by atoms with Crippen LogP contribution in [0.15, 0.2) is 65.3 Å². The third-order valence-electron chi connectivity index (χ3n) is 15.1. The summed E-state index contributed by atoms with van der Waals surface area (Å²) in [6.45, 7) is 58.4. The van der Waals surface area contributed by atoms with Crippen LogP contribution in [0.2, 0.25) is 0 Å². The van der Waals surface area contributed by atoms with Gasteiger partial charge < -0.3 is 31.0 Å². The molecule has 0 saturated carbocycles. The molecule has 0 radical (unpaired) electrons. The zero-order valence-corrected chi connectivity index (χ0v) is 52.6. The van der Waals surface area contributed by atoms with E-state index in [1.54, 1.807) is 0 Å². The van der Waals surface area contributed by atoms with Crippen molar-refractivity contribution in [1.29, 1.82) is 0 Å². The van der Waals surface area contributed by atoms with Gasteiger partial charge in [0.1, 0.15) is 34.5 Å². The van der Waals surface area contributed by atoms with Crippen LogP contribution >= 0.6 is 16.4 Å². The van der Waals surface area contributed by atoms with Crippen molar-refractivity contribution in [3.05, 3.63) is 93.0 Å². The zero-order chi connectivity index (χ0) is 55.9. The third kappa shape index (κ3) is 11.8. The minimum Gasteiger partial charge on any atom is -0.408 e. The van der Waals surface area contributed by atoms with Crippen LogP contribution in [0.1, 0.15) is 225 Å². The van der Waals surface area contributed by atoms with E-state index in [4.69, 9.17) is 35.5 Å². The molecule has 0 amide bonds. The molecule has 2 aromatic heterocycles. The molecule has 1 N–H and O–H groups in total. The minimum absolute atomic E-state index is 0.102. The molecular formula is C64H93NO8P2. The summed E-state index contributed by atoms with van der Waals surface area (Å²) >= 11 is 0. The predicted molar refractivity (Wildman–Crippen MR) is 316 cm³/mol. The van der Waals surface area contributed by atoms with E-state index in [2.05, 4.69) is 220 Å².